The lowest BCUT2D eigenvalue weighted by molar-refractivity contribution is 0.519. The number of anilines is 1. The first-order chi connectivity index (χ1) is 11.4. The predicted octanol–water partition coefficient (Wildman–Crippen LogP) is 3.90. The minimum atomic E-state index is 0.761. The third-order valence-corrected chi connectivity index (χ3v) is 3.58. The molecular formula is C20H21N3. The third kappa shape index (κ3) is 4.68. The van der Waals surface area contributed by atoms with Crippen LogP contribution in [0.3, 0.4) is 0 Å². The number of rotatable bonds is 7. The number of nitrogens with one attached hydrogen (secondary N) is 2. The zero-order valence-corrected chi connectivity index (χ0v) is 13.0. The van der Waals surface area contributed by atoms with Gasteiger partial charge < -0.3 is 0 Å². The van der Waals surface area contributed by atoms with Gasteiger partial charge in [0.25, 0.3) is 0 Å². The highest BCUT2D eigenvalue weighted by Gasteiger charge is 2.05. The molecular weight excluding hydrogens is 282 g/mol. The summed E-state index contributed by atoms with van der Waals surface area (Å²) >= 11 is 0. The van der Waals surface area contributed by atoms with E-state index in [9.17, 15) is 0 Å². The lowest BCUT2D eigenvalue weighted by Crippen LogP contribution is -2.47. The standard InChI is InChI=1S/C20H21N3/c1-4-10-18(11-5-1)16-21-23(20-14-8-3-9-15-20)22-17-19-12-6-2-7-13-19/h1-15,21-22H,16-17H2. The van der Waals surface area contributed by atoms with Crippen LogP contribution in [0, 0.1) is 0 Å². The zero-order valence-electron chi connectivity index (χ0n) is 13.0. The largest absolute Gasteiger partial charge is 0.241 e. The SMILES string of the molecule is c1ccc(CNN(NCc2ccccc2)c2ccccc2)cc1. The average Bonchev–Trinajstić information content (AvgIpc) is 2.64. The second-order valence-electron chi connectivity index (χ2n) is 5.31. The van der Waals surface area contributed by atoms with Gasteiger partial charge in [-0.3, -0.25) is 0 Å². The molecule has 0 amide bonds. The van der Waals surface area contributed by atoms with Crippen molar-refractivity contribution >= 4 is 5.69 Å². The molecule has 0 aliphatic carbocycles. The van der Waals surface area contributed by atoms with E-state index in [-0.39, 0.29) is 0 Å². The molecule has 0 aromatic heterocycles. The first-order valence-electron chi connectivity index (χ1n) is 7.82. The average molecular weight is 303 g/mol. The quantitative estimate of drug-likeness (QED) is 0.648. The molecule has 0 aliphatic heterocycles. The molecule has 23 heavy (non-hydrogen) atoms. The van der Waals surface area contributed by atoms with Crippen molar-refractivity contribution < 1.29 is 0 Å². The number of nitrogens with zero attached hydrogens (tertiary/aromatic N) is 1. The van der Waals surface area contributed by atoms with Crippen molar-refractivity contribution in [1.29, 1.82) is 0 Å². The van der Waals surface area contributed by atoms with Crippen LogP contribution in [0.5, 0.6) is 0 Å². The zero-order chi connectivity index (χ0) is 15.7. The fourth-order valence-corrected chi connectivity index (χ4v) is 2.35. The lowest BCUT2D eigenvalue weighted by atomic mass is 10.2. The minimum Gasteiger partial charge on any atom is -0.241 e. The Bertz CT molecular complexity index is 640. The molecule has 3 aromatic rings. The highest BCUT2D eigenvalue weighted by atomic mass is 15.7. The van der Waals surface area contributed by atoms with E-state index < -0.39 is 0 Å². The molecule has 3 nitrogen and oxygen atoms in total. The summed E-state index contributed by atoms with van der Waals surface area (Å²) in [6.07, 6.45) is 0. The van der Waals surface area contributed by atoms with Crippen LogP contribution in [0.4, 0.5) is 5.69 Å². The van der Waals surface area contributed by atoms with Crippen LogP contribution >= 0.6 is 0 Å². The molecule has 3 heteroatoms. The molecule has 116 valence electrons. The maximum absolute atomic E-state index is 3.44. The molecule has 0 atom stereocenters. The van der Waals surface area contributed by atoms with Crippen LogP contribution in [0.1, 0.15) is 11.1 Å². The van der Waals surface area contributed by atoms with E-state index in [0.29, 0.717) is 0 Å². The summed E-state index contributed by atoms with van der Waals surface area (Å²) in [5, 5.41) is 1.99. The van der Waals surface area contributed by atoms with Gasteiger partial charge in [-0.25, -0.2) is 16.0 Å². The van der Waals surface area contributed by atoms with E-state index in [1.165, 1.54) is 11.1 Å². The smallest absolute Gasteiger partial charge is 0.0702 e. The van der Waals surface area contributed by atoms with E-state index in [4.69, 9.17) is 0 Å². The minimum absolute atomic E-state index is 0.761. The maximum Gasteiger partial charge on any atom is 0.0702 e. The Hall–Kier alpha value is -2.62. The van der Waals surface area contributed by atoms with Crippen LogP contribution in [0.25, 0.3) is 0 Å². The van der Waals surface area contributed by atoms with Crippen LogP contribution in [-0.2, 0) is 13.1 Å². The second-order valence-corrected chi connectivity index (χ2v) is 5.31. The molecule has 0 bridgehead atoms. The summed E-state index contributed by atoms with van der Waals surface area (Å²) in [5.41, 5.74) is 10.5. The molecule has 0 saturated carbocycles. The molecule has 3 aromatic carbocycles. The molecule has 0 saturated heterocycles. The number of hydrogen-bond acceptors (Lipinski definition) is 3. The maximum atomic E-state index is 3.44. The van der Waals surface area contributed by atoms with Gasteiger partial charge in [-0.05, 0) is 23.3 Å². The van der Waals surface area contributed by atoms with E-state index in [1.807, 2.05) is 35.4 Å². The number of para-hydroxylation sites is 1. The van der Waals surface area contributed by atoms with E-state index in [1.54, 1.807) is 0 Å². The van der Waals surface area contributed by atoms with Gasteiger partial charge in [0.2, 0.25) is 0 Å². The Morgan fingerprint density at radius 2 is 0.913 bits per heavy atom. The second kappa shape index (κ2) is 8.13. The Morgan fingerprint density at radius 1 is 0.522 bits per heavy atom. The van der Waals surface area contributed by atoms with E-state index >= 15 is 0 Å². The van der Waals surface area contributed by atoms with Crippen LogP contribution < -0.4 is 16.0 Å². The van der Waals surface area contributed by atoms with Crippen molar-refractivity contribution in [3.8, 4) is 0 Å². The monoisotopic (exact) mass is 303 g/mol. The Balaban J connectivity index is 1.66. The van der Waals surface area contributed by atoms with Crippen molar-refractivity contribution in [2.24, 2.45) is 0 Å². The molecule has 0 radical (unpaired) electrons. The van der Waals surface area contributed by atoms with Crippen LogP contribution in [0.15, 0.2) is 91.0 Å². The van der Waals surface area contributed by atoms with Crippen molar-refractivity contribution in [1.82, 2.24) is 10.9 Å². The Kier molecular flexibility index (Phi) is 5.40. The molecule has 2 N–H and O–H groups in total. The fourth-order valence-electron chi connectivity index (χ4n) is 2.35. The summed E-state index contributed by atoms with van der Waals surface area (Å²) in [4.78, 5) is 0. The number of benzene rings is 3. The first kappa shape index (κ1) is 15.3. The normalized spacial score (nSPS) is 10.4. The van der Waals surface area contributed by atoms with Crippen molar-refractivity contribution in [2.75, 3.05) is 5.12 Å². The summed E-state index contributed by atoms with van der Waals surface area (Å²) in [7, 11) is 0. The van der Waals surface area contributed by atoms with Crippen molar-refractivity contribution in [3.63, 3.8) is 0 Å². The van der Waals surface area contributed by atoms with Crippen molar-refractivity contribution in [2.45, 2.75) is 13.1 Å². The highest BCUT2D eigenvalue weighted by Crippen LogP contribution is 2.10. The Labute approximate surface area is 137 Å². The predicted molar refractivity (Wildman–Crippen MR) is 95.5 cm³/mol. The third-order valence-electron chi connectivity index (χ3n) is 3.58. The summed E-state index contributed by atoms with van der Waals surface area (Å²) in [5.74, 6) is 0. The van der Waals surface area contributed by atoms with E-state index in [0.717, 1.165) is 18.8 Å². The molecule has 0 spiro atoms. The van der Waals surface area contributed by atoms with Crippen molar-refractivity contribution in [3.05, 3.63) is 102 Å². The molecule has 0 aliphatic rings. The van der Waals surface area contributed by atoms with Gasteiger partial charge in [0, 0.05) is 13.1 Å². The molecule has 0 fully saturated rings. The topological polar surface area (TPSA) is 27.3 Å². The Morgan fingerprint density at radius 3 is 1.35 bits per heavy atom. The van der Waals surface area contributed by atoms with Gasteiger partial charge >= 0.3 is 0 Å². The van der Waals surface area contributed by atoms with E-state index in [2.05, 4.69) is 71.5 Å². The van der Waals surface area contributed by atoms with Gasteiger partial charge in [-0.1, -0.05) is 78.9 Å². The number of hydrazine groups is 2. The summed E-state index contributed by atoms with van der Waals surface area (Å²) < 4.78 is 0. The molecule has 3 rings (SSSR count). The molecule has 0 unspecified atom stereocenters. The summed E-state index contributed by atoms with van der Waals surface area (Å²) in [6, 6.07) is 31.0. The van der Waals surface area contributed by atoms with Gasteiger partial charge in [0.1, 0.15) is 0 Å². The molecule has 0 heterocycles. The lowest BCUT2D eigenvalue weighted by Gasteiger charge is -2.26. The fraction of sp³-hybridized carbons (Fsp3) is 0.100. The van der Waals surface area contributed by atoms with Crippen LogP contribution in [-0.4, -0.2) is 0 Å². The van der Waals surface area contributed by atoms with Gasteiger partial charge in [-0.15, -0.1) is 0 Å². The highest BCUT2D eigenvalue weighted by molar-refractivity contribution is 5.43. The van der Waals surface area contributed by atoms with Gasteiger partial charge in [0.05, 0.1) is 5.69 Å². The first-order valence-corrected chi connectivity index (χ1v) is 7.82. The summed E-state index contributed by atoms with van der Waals surface area (Å²) in [6.45, 7) is 1.52. The van der Waals surface area contributed by atoms with Crippen LogP contribution in [0.2, 0.25) is 0 Å². The van der Waals surface area contributed by atoms with Gasteiger partial charge in [-0.2, -0.15) is 0 Å². The number of hydrogen-bond donors (Lipinski definition) is 2. The van der Waals surface area contributed by atoms with Gasteiger partial charge in [0.15, 0.2) is 0 Å².